The molecule has 0 spiro atoms. The molecule has 0 aliphatic rings. The lowest BCUT2D eigenvalue weighted by atomic mass is 10.2. The van der Waals surface area contributed by atoms with Crippen LogP contribution in [0.25, 0.3) is 0 Å². The average Bonchev–Trinajstić information content (AvgIpc) is 2.39. The lowest BCUT2D eigenvalue weighted by Gasteiger charge is -2.11. The average molecular weight is 339 g/mol. The number of nitrogens with zero attached hydrogens (tertiary/aromatic N) is 2. The highest BCUT2D eigenvalue weighted by molar-refractivity contribution is 7.98. The first-order chi connectivity index (χ1) is 9.79. The third-order valence-corrected chi connectivity index (χ3v) is 3.04. The van der Waals surface area contributed by atoms with Crippen molar-refractivity contribution in [2.75, 3.05) is 6.26 Å². The third kappa shape index (κ3) is 3.98. The van der Waals surface area contributed by atoms with E-state index in [1.54, 1.807) is 6.26 Å². The fraction of sp³-hybridized carbons (Fsp3) is 0.167. The molecule has 0 atom stereocenters. The van der Waals surface area contributed by atoms with Crippen LogP contribution in [0, 0.1) is 5.82 Å². The van der Waals surface area contributed by atoms with E-state index in [-0.39, 0.29) is 16.8 Å². The van der Waals surface area contributed by atoms with Crippen LogP contribution in [0.1, 0.15) is 5.56 Å². The molecule has 2 aromatic rings. The number of hydrogen-bond donors (Lipinski definition) is 0. The van der Waals surface area contributed by atoms with Crippen LogP contribution >= 0.6 is 23.4 Å². The minimum absolute atomic E-state index is 0.0286. The van der Waals surface area contributed by atoms with Crippen molar-refractivity contribution < 1.29 is 22.3 Å². The number of alkyl halides is 3. The topological polar surface area (TPSA) is 35.0 Å². The van der Waals surface area contributed by atoms with Crippen molar-refractivity contribution in [2.45, 2.75) is 11.3 Å². The molecule has 9 heteroatoms. The first-order valence-electron chi connectivity index (χ1n) is 5.43. The van der Waals surface area contributed by atoms with Crippen LogP contribution in [0.15, 0.2) is 29.4 Å². The summed E-state index contributed by atoms with van der Waals surface area (Å²) in [5.41, 5.74) is -1.41. The summed E-state index contributed by atoms with van der Waals surface area (Å²) in [6.45, 7) is 0. The van der Waals surface area contributed by atoms with Gasteiger partial charge in [0, 0.05) is 6.07 Å². The van der Waals surface area contributed by atoms with Crippen LogP contribution in [-0.2, 0) is 6.18 Å². The van der Waals surface area contributed by atoms with E-state index < -0.39 is 17.6 Å². The quantitative estimate of drug-likeness (QED) is 0.348. The zero-order chi connectivity index (χ0) is 15.6. The minimum atomic E-state index is -4.81. The van der Waals surface area contributed by atoms with Crippen LogP contribution in [0.3, 0.4) is 0 Å². The second kappa shape index (κ2) is 6.07. The highest BCUT2D eigenvalue weighted by Crippen LogP contribution is 2.34. The van der Waals surface area contributed by atoms with Gasteiger partial charge in [-0.1, -0.05) is 23.4 Å². The summed E-state index contributed by atoms with van der Waals surface area (Å²) in [7, 11) is 0. The van der Waals surface area contributed by atoms with Crippen molar-refractivity contribution >= 4 is 23.4 Å². The summed E-state index contributed by atoms with van der Waals surface area (Å²) in [5.74, 6) is -1.61. The highest BCUT2D eigenvalue weighted by atomic mass is 35.5. The fourth-order valence-electron chi connectivity index (χ4n) is 1.43. The van der Waals surface area contributed by atoms with Crippen LogP contribution in [0.2, 0.25) is 5.15 Å². The molecule has 0 saturated carbocycles. The van der Waals surface area contributed by atoms with Crippen molar-refractivity contribution in [3.05, 3.63) is 40.8 Å². The zero-order valence-corrected chi connectivity index (χ0v) is 12.0. The lowest BCUT2D eigenvalue weighted by Crippen LogP contribution is -2.08. The maximum Gasteiger partial charge on any atom is 0.419 e. The Hall–Kier alpha value is -1.54. The number of hydrogen-bond acceptors (Lipinski definition) is 4. The van der Waals surface area contributed by atoms with Gasteiger partial charge in [-0.05, 0) is 24.5 Å². The predicted octanol–water partition coefficient (Wildman–Crippen LogP) is 4.80. The maximum atomic E-state index is 13.2. The molecule has 0 saturated heterocycles. The van der Waals surface area contributed by atoms with Gasteiger partial charge < -0.3 is 4.74 Å². The normalized spacial score (nSPS) is 11.5. The Bertz CT molecular complexity index is 666. The van der Waals surface area contributed by atoms with Gasteiger partial charge in [-0.25, -0.2) is 9.37 Å². The van der Waals surface area contributed by atoms with Crippen LogP contribution in [-0.4, -0.2) is 16.2 Å². The molecule has 0 amide bonds. The number of aromatic nitrogens is 2. The van der Waals surface area contributed by atoms with E-state index in [9.17, 15) is 17.6 Å². The molecule has 112 valence electrons. The number of benzene rings is 1. The van der Waals surface area contributed by atoms with E-state index in [2.05, 4.69) is 9.97 Å². The van der Waals surface area contributed by atoms with Gasteiger partial charge in [-0.3, -0.25) is 0 Å². The summed E-state index contributed by atoms with van der Waals surface area (Å²) in [6, 6.07) is 3.55. The number of halogens is 5. The summed E-state index contributed by atoms with van der Waals surface area (Å²) in [5, 5.41) is 0.387. The van der Waals surface area contributed by atoms with Crippen molar-refractivity contribution in [3.63, 3.8) is 0 Å². The van der Waals surface area contributed by atoms with Gasteiger partial charge in [-0.2, -0.15) is 18.2 Å². The maximum absolute atomic E-state index is 13.2. The third-order valence-electron chi connectivity index (χ3n) is 2.30. The monoisotopic (exact) mass is 338 g/mol. The molecule has 0 fully saturated rings. The second-order valence-corrected chi connectivity index (χ2v) is 4.92. The van der Waals surface area contributed by atoms with Crippen molar-refractivity contribution in [1.29, 1.82) is 0 Å². The SMILES string of the molecule is CSc1nc(Cl)cc(Oc2ccc(F)c(C(F)(F)F)c2)n1. The van der Waals surface area contributed by atoms with E-state index in [0.717, 1.165) is 6.07 Å². The fourth-order valence-corrected chi connectivity index (χ4v) is 2.02. The molecule has 2 rings (SSSR count). The first-order valence-corrected chi connectivity index (χ1v) is 7.03. The molecule has 0 aliphatic heterocycles. The van der Waals surface area contributed by atoms with Gasteiger partial charge in [0.1, 0.15) is 16.7 Å². The second-order valence-electron chi connectivity index (χ2n) is 3.76. The molecule has 1 aromatic carbocycles. The van der Waals surface area contributed by atoms with Gasteiger partial charge in [0.15, 0.2) is 5.16 Å². The van der Waals surface area contributed by atoms with E-state index in [1.807, 2.05) is 0 Å². The van der Waals surface area contributed by atoms with Crippen molar-refractivity contribution in [3.8, 4) is 11.6 Å². The predicted molar refractivity (Wildman–Crippen MR) is 70.3 cm³/mol. The molecular formula is C12H7ClF4N2OS. The Morgan fingerprint density at radius 3 is 2.52 bits per heavy atom. The largest absolute Gasteiger partial charge is 0.439 e. The summed E-state index contributed by atoms with van der Waals surface area (Å²) < 4.78 is 56.2. The molecule has 0 bridgehead atoms. The minimum Gasteiger partial charge on any atom is -0.439 e. The molecule has 1 aromatic heterocycles. The Balaban J connectivity index is 2.34. The Labute approximate surface area is 126 Å². The Morgan fingerprint density at radius 2 is 1.90 bits per heavy atom. The van der Waals surface area contributed by atoms with Gasteiger partial charge in [0.05, 0.1) is 5.56 Å². The van der Waals surface area contributed by atoms with E-state index in [0.29, 0.717) is 17.3 Å². The molecule has 1 heterocycles. The highest BCUT2D eigenvalue weighted by Gasteiger charge is 2.34. The van der Waals surface area contributed by atoms with Gasteiger partial charge in [0.2, 0.25) is 5.88 Å². The molecular weight excluding hydrogens is 332 g/mol. The van der Waals surface area contributed by atoms with Gasteiger partial charge in [-0.15, -0.1) is 0 Å². The van der Waals surface area contributed by atoms with E-state index in [4.69, 9.17) is 16.3 Å². The van der Waals surface area contributed by atoms with Gasteiger partial charge in [0.25, 0.3) is 0 Å². The summed E-state index contributed by atoms with van der Waals surface area (Å²) >= 11 is 6.93. The number of ether oxygens (including phenoxy) is 1. The number of rotatable bonds is 3. The molecule has 3 nitrogen and oxygen atoms in total. The summed E-state index contributed by atoms with van der Waals surface area (Å²) in [6.07, 6.45) is -3.10. The molecule has 0 N–H and O–H groups in total. The smallest absolute Gasteiger partial charge is 0.419 e. The first kappa shape index (κ1) is 15.8. The van der Waals surface area contributed by atoms with Gasteiger partial charge >= 0.3 is 6.18 Å². The van der Waals surface area contributed by atoms with Crippen molar-refractivity contribution in [2.24, 2.45) is 0 Å². The molecule has 21 heavy (non-hydrogen) atoms. The molecule has 0 aliphatic carbocycles. The molecule has 0 radical (unpaired) electrons. The Kier molecular flexibility index (Phi) is 4.58. The van der Waals surface area contributed by atoms with Crippen LogP contribution < -0.4 is 4.74 Å². The van der Waals surface area contributed by atoms with Crippen molar-refractivity contribution in [1.82, 2.24) is 9.97 Å². The lowest BCUT2D eigenvalue weighted by molar-refractivity contribution is -0.140. The number of thioether (sulfide) groups is 1. The van der Waals surface area contributed by atoms with E-state index in [1.165, 1.54) is 17.8 Å². The summed E-state index contributed by atoms with van der Waals surface area (Å²) in [4.78, 5) is 7.79. The Morgan fingerprint density at radius 1 is 1.19 bits per heavy atom. The van der Waals surface area contributed by atoms with Crippen LogP contribution in [0.5, 0.6) is 11.6 Å². The van der Waals surface area contributed by atoms with Crippen LogP contribution in [0.4, 0.5) is 17.6 Å². The standard InChI is InChI=1S/C12H7ClF4N2OS/c1-21-11-18-9(13)5-10(19-11)20-6-2-3-8(14)7(4-6)12(15,16)17/h2-5H,1H3. The van der Waals surface area contributed by atoms with E-state index >= 15 is 0 Å². The molecule has 0 unspecified atom stereocenters. The zero-order valence-electron chi connectivity index (χ0n) is 10.4.